The number of aromatic nitrogens is 5. The lowest BCUT2D eigenvalue weighted by molar-refractivity contribution is 0.0566. The standard InChI is InChI=1S/C26H26F4N8O.ClH/c1-26(31)5-3-7-37(14-26)19-10-22(33-12-17(19)15-11-34-38(13-15)25(29)30)35-21-4-6-32-24(36-21)23-18(28)8-16(27)9-20(23)39-2;/h4,6,8-13,25H,3,5,7,14,31H2,1-2H3,(H,32,33,35,36);1H/t26-;/m0./s1. The van der Waals surface area contributed by atoms with Gasteiger partial charge in [-0.2, -0.15) is 13.9 Å². The van der Waals surface area contributed by atoms with E-state index in [1.807, 2.05) is 6.92 Å². The Morgan fingerprint density at radius 2 is 1.93 bits per heavy atom. The average molecular weight is 579 g/mol. The zero-order chi connectivity index (χ0) is 27.7. The number of hydrogen-bond donors (Lipinski definition) is 2. The summed E-state index contributed by atoms with van der Waals surface area (Å²) in [5, 5.41) is 6.85. The van der Waals surface area contributed by atoms with Gasteiger partial charge < -0.3 is 20.7 Å². The van der Waals surface area contributed by atoms with Gasteiger partial charge >= 0.3 is 6.55 Å². The molecule has 0 spiro atoms. The van der Waals surface area contributed by atoms with Gasteiger partial charge in [0.05, 0.1) is 18.9 Å². The van der Waals surface area contributed by atoms with Gasteiger partial charge in [0.2, 0.25) is 0 Å². The summed E-state index contributed by atoms with van der Waals surface area (Å²) in [6.45, 7) is 0.468. The molecule has 1 saturated heterocycles. The van der Waals surface area contributed by atoms with Crippen LogP contribution in [0, 0.1) is 11.6 Å². The van der Waals surface area contributed by atoms with Crippen LogP contribution in [-0.2, 0) is 0 Å². The van der Waals surface area contributed by atoms with E-state index in [-0.39, 0.29) is 29.5 Å². The number of pyridine rings is 1. The number of piperidine rings is 1. The van der Waals surface area contributed by atoms with E-state index < -0.39 is 23.7 Å². The third kappa shape index (κ3) is 6.10. The maximum atomic E-state index is 14.6. The van der Waals surface area contributed by atoms with Gasteiger partial charge in [0.1, 0.15) is 29.0 Å². The molecule has 0 saturated carbocycles. The molecule has 1 aromatic carbocycles. The van der Waals surface area contributed by atoms with Crippen molar-refractivity contribution in [1.29, 1.82) is 0 Å². The highest BCUT2D eigenvalue weighted by Gasteiger charge is 2.29. The van der Waals surface area contributed by atoms with Crippen molar-refractivity contribution in [3.63, 3.8) is 0 Å². The second kappa shape index (κ2) is 11.6. The smallest absolute Gasteiger partial charge is 0.333 e. The number of alkyl halides is 2. The number of nitrogens with zero attached hydrogens (tertiary/aromatic N) is 6. The maximum Gasteiger partial charge on any atom is 0.333 e. The Balaban J connectivity index is 0.00000370. The molecule has 4 aromatic rings. The molecule has 0 amide bonds. The number of rotatable bonds is 7. The van der Waals surface area contributed by atoms with Crippen molar-refractivity contribution >= 4 is 29.7 Å². The molecule has 1 fully saturated rings. The summed E-state index contributed by atoms with van der Waals surface area (Å²) in [7, 11) is 1.30. The van der Waals surface area contributed by atoms with E-state index in [0.717, 1.165) is 30.7 Å². The van der Waals surface area contributed by atoms with Crippen LogP contribution in [0.2, 0.25) is 0 Å². The van der Waals surface area contributed by atoms with E-state index in [1.165, 1.54) is 25.7 Å². The van der Waals surface area contributed by atoms with Crippen LogP contribution in [0.15, 0.2) is 49.1 Å². The minimum Gasteiger partial charge on any atom is -0.496 e. The molecular weight excluding hydrogens is 552 g/mol. The van der Waals surface area contributed by atoms with E-state index in [0.29, 0.717) is 40.5 Å². The quantitative estimate of drug-likeness (QED) is 0.274. The van der Waals surface area contributed by atoms with Crippen LogP contribution in [0.1, 0.15) is 26.3 Å². The summed E-state index contributed by atoms with van der Waals surface area (Å²) < 4.78 is 60.4. The summed E-state index contributed by atoms with van der Waals surface area (Å²) in [4.78, 5) is 15.0. The predicted molar refractivity (Wildman–Crippen MR) is 145 cm³/mol. The molecule has 3 N–H and O–H groups in total. The third-order valence-electron chi connectivity index (χ3n) is 6.44. The van der Waals surface area contributed by atoms with Crippen molar-refractivity contribution in [2.24, 2.45) is 5.73 Å². The Morgan fingerprint density at radius 3 is 2.62 bits per heavy atom. The molecular formula is C26H27ClF4N8O. The summed E-state index contributed by atoms with van der Waals surface area (Å²) >= 11 is 0. The molecule has 14 heteroatoms. The first-order valence-electron chi connectivity index (χ1n) is 12.1. The normalized spacial score (nSPS) is 17.1. The lowest BCUT2D eigenvalue weighted by Crippen LogP contribution is -2.52. The Bertz CT molecular complexity index is 1500. The first kappa shape index (κ1) is 29.0. The topological polar surface area (TPSA) is 107 Å². The molecule has 1 aliphatic rings. The van der Waals surface area contributed by atoms with Crippen LogP contribution in [0.3, 0.4) is 0 Å². The lowest BCUT2D eigenvalue weighted by atomic mass is 9.91. The van der Waals surface area contributed by atoms with Gasteiger partial charge in [-0.25, -0.2) is 28.4 Å². The fraction of sp³-hybridized carbons (Fsp3) is 0.308. The highest BCUT2D eigenvalue weighted by molar-refractivity contribution is 5.85. The summed E-state index contributed by atoms with van der Waals surface area (Å²) in [6.07, 6.45) is 7.33. The fourth-order valence-corrected chi connectivity index (χ4v) is 4.66. The van der Waals surface area contributed by atoms with Crippen LogP contribution in [0.5, 0.6) is 5.75 Å². The van der Waals surface area contributed by atoms with E-state index in [2.05, 4.69) is 30.3 Å². The van der Waals surface area contributed by atoms with Crippen LogP contribution in [0.25, 0.3) is 22.5 Å². The molecule has 4 heterocycles. The van der Waals surface area contributed by atoms with Gasteiger partial charge in [-0.3, -0.25) is 0 Å². The van der Waals surface area contributed by atoms with Crippen molar-refractivity contribution in [3.05, 3.63) is 60.7 Å². The Kier molecular flexibility index (Phi) is 8.45. The van der Waals surface area contributed by atoms with E-state index >= 15 is 0 Å². The molecule has 0 bridgehead atoms. The van der Waals surface area contributed by atoms with Crippen molar-refractivity contribution in [2.45, 2.75) is 31.9 Å². The van der Waals surface area contributed by atoms with E-state index in [1.54, 1.807) is 18.3 Å². The van der Waals surface area contributed by atoms with Crippen molar-refractivity contribution < 1.29 is 22.3 Å². The number of ether oxygens (including phenoxy) is 1. The molecule has 1 atom stereocenters. The molecule has 40 heavy (non-hydrogen) atoms. The van der Waals surface area contributed by atoms with Crippen LogP contribution < -0.4 is 20.7 Å². The number of methoxy groups -OCH3 is 1. The molecule has 3 aromatic heterocycles. The molecule has 0 radical (unpaired) electrons. The second-order valence-electron chi connectivity index (χ2n) is 9.61. The number of nitrogens with two attached hydrogens (primary N) is 1. The Hall–Kier alpha value is -3.97. The van der Waals surface area contributed by atoms with E-state index in [9.17, 15) is 17.6 Å². The van der Waals surface area contributed by atoms with Gasteiger partial charge in [0.15, 0.2) is 5.82 Å². The molecule has 5 rings (SSSR count). The van der Waals surface area contributed by atoms with Crippen LogP contribution in [-0.4, -0.2) is 50.5 Å². The molecule has 9 nitrogen and oxygen atoms in total. The predicted octanol–water partition coefficient (Wildman–Crippen LogP) is 5.57. The fourth-order valence-electron chi connectivity index (χ4n) is 4.66. The largest absolute Gasteiger partial charge is 0.496 e. The SMILES string of the molecule is COc1cc(F)cc(F)c1-c1nccc(Nc2cc(N3CCC[C@](C)(N)C3)c(-c3cnn(C(F)F)c3)cn2)n1.Cl. The van der Waals surface area contributed by atoms with Crippen LogP contribution in [0.4, 0.5) is 34.9 Å². The summed E-state index contributed by atoms with van der Waals surface area (Å²) in [5.74, 6) is -1.02. The monoisotopic (exact) mass is 578 g/mol. The van der Waals surface area contributed by atoms with Crippen molar-refractivity contribution in [1.82, 2.24) is 24.7 Å². The summed E-state index contributed by atoms with van der Waals surface area (Å²) in [5.41, 5.74) is 7.77. The average Bonchev–Trinajstić information content (AvgIpc) is 3.38. The number of benzene rings is 1. The highest BCUT2D eigenvalue weighted by atomic mass is 35.5. The first-order valence-corrected chi connectivity index (χ1v) is 12.1. The molecule has 0 unspecified atom stereocenters. The molecule has 212 valence electrons. The van der Waals surface area contributed by atoms with Gasteiger partial charge in [0, 0.05) is 72.2 Å². The van der Waals surface area contributed by atoms with Crippen molar-refractivity contribution in [2.75, 3.05) is 30.4 Å². The lowest BCUT2D eigenvalue weighted by Gasteiger charge is -2.40. The minimum absolute atomic E-state index is 0. The van der Waals surface area contributed by atoms with Gasteiger partial charge in [0.25, 0.3) is 0 Å². The second-order valence-corrected chi connectivity index (χ2v) is 9.61. The molecule has 0 aliphatic carbocycles. The highest BCUT2D eigenvalue weighted by Crippen LogP contribution is 2.36. The minimum atomic E-state index is -2.77. The molecule has 1 aliphatic heterocycles. The maximum absolute atomic E-state index is 14.6. The first-order chi connectivity index (χ1) is 18.6. The number of nitrogens with one attached hydrogen (secondary N) is 1. The number of halogens is 5. The zero-order valence-electron chi connectivity index (χ0n) is 21.6. The van der Waals surface area contributed by atoms with Gasteiger partial charge in [-0.1, -0.05) is 0 Å². The number of hydrogen-bond acceptors (Lipinski definition) is 8. The summed E-state index contributed by atoms with van der Waals surface area (Å²) in [6, 6.07) is 5.12. The number of anilines is 3. The van der Waals surface area contributed by atoms with E-state index in [4.69, 9.17) is 10.5 Å². The zero-order valence-corrected chi connectivity index (χ0v) is 22.4. The third-order valence-corrected chi connectivity index (χ3v) is 6.44. The van der Waals surface area contributed by atoms with Gasteiger partial charge in [-0.15, -0.1) is 12.4 Å². The van der Waals surface area contributed by atoms with Gasteiger partial charge in [-0.05, 0) is 25.8 Å². The van der Waals surface area contributed by atoms with Crippen molar-refractivity contribution in [3.8, 4) is 28.3 Å². The Labute approximate surface area is 233 Å². The Morgan fingerprint density at radius 1 is 1.12 bits per heavy atom. The van der Waals surface area contributed by atoms with Crippen LogP contribution >= 0.6 is 12.4 Å².